The Morgan fingerprint density at radius 3 is 2.43 bits per heavy atom. The van der Waals surface area contributed by atoms with Gasteiger partial charge in [0.05, 0.1) is 0 Å². The van der Waals surface area contributed by atoms with Gasteiger partial charge in [-0.25, -0.2) is 9.78 Å². The second-order valence-electron chi connectivity index (χ2n) is 5.82. The number of Topliss-reactive ketones (excluding diaryl/α,β-unsaturated/α-hetero) is 1. The van der Waals surface area contributed by atoms with Crippen LogP contribution in [0.3, 0.4) is 0 Å². The van der Waals surface area contributed by atoms with Gasteiger partial charge in [0.25, 0.3) is 0 Å². The van der Waals surface area contributed by atoms with E-state index in [9.17, 15) is 9.59 Å². The summed E-state index contributed by atoms with van der Waals surface area (Å²) >= 11 is 1.01. The van der Waals surface area contributed by atoms with Gasteiger partial charge in [-0.05, 0) is 29.5 Å². The minimum atomic E-state index is -1.14. The molecule has 0 fully saturated rings. The van der Waals surface area contributed by atoms with Gasteiger partial charge in [0, 0.05) is 5.38 Å². The molecule has 0 radical (unpaired) electrons. The van der Waals surface area contributed by atoms with Gasteiger partial charge in [0.1, 0.15) is 5.75 Å². The Bertz CT molecular complexity index is 704. The summed E-state index contributed by atoms with van der Waals surface area (Å²) in [5.74, 6) is -0.875. The molecule has 5 nitrogen and oxygen atoms in total. The molecule has 2 aromatic rings. The fraction of sp³-hybridized carbons (Fsp3) is 0.353. The number of rotatable bonds is 7. The fourth-order valence-corrected chi connectivity index (χ4v) is 2.64. The van der Waals surface area contributed by atoms with Gasteiger partial charge in [-0.15, -0.1) is 11.3 Å². The van der Waals surface area contributed by atoms with E-state index in [2.05, 4.69) is 25.8 Å². The number of hydrogen-bond donors (Lipinski definition) is 1. The van der Waals surface area contributed by atoms with E-state index in [0.717, 1.165) is 17.8 Å². The van der Waals surface area contributed by atoms with Crippen molar-refractivity contribution in [2.24, 2.45) is 0 Å². The summed E-state index contributed by atoms with van der Waals surface area (Å²) in [4.78, 5) is 26.5. The standard InChI is InChI=1S/C17H19NO4S/c1-4-17(2,3)11-5-7-12(8-6-11)22-9-14(19)15-18-13(10-23-15)16(20)21/h5-8,10H,4,9H2,1-3H3,(H,20,21). The number of hydrogen-bond acceptors (Lipinski definition) is 5. The highest BCUT2D eigenvalue weighted by atomic mass is 32.1. The molecule has 122 valence electrons. The van der Waals surface area contributed by atoms with Crippen LogP contribution in [-0.4, -0.2) is 28.4 Å². The minimum absolute atomic E-state index is 0.0997. The molecule has 0 saturated carbocycles. The molecule has 1 heterocycles. The van der Waals surface area contributed by atoms with Crippen LogP contribution >= 0.6 is 11.3 Å². The molecule has 0 atom stereocenters. The first-order chi connectivity index (χ1) is 10.8. The minimum Gasteiger partial charge on any atom is -0.485 e. The Kier molecular flexibility index (Phi) is 5.15. The molecule has 1 aromatic heterocycles. The Morgan fingerprint density at radius 2 is 1.91 bits per heavy atom. The van der Waals surface area contributed by atoms with Crippen molar-refractivity contribution < 1.29 is 19.4 Å². The summed E-state index contributed by atoms with van der Waals surface area (Å²) in [7, 11) is 0. The van der Waals surface area contributed by atoms with Crippen LogP contribution in [0, 0.1) is 0 Å². The first-order valence-electron chi connectivity index (χ1n) is 7.29. The Hall–Kier alpha value is -2.21. The summed E-state index contributed by atoms with van der Waals surface area (Å²) in [5, 5.41) is 10.3. The molecule has 0 aliphatic heterocycles. The second-order valence-corrected chi connectivity index (χ2v) is 6.67. The number of carboxylic acid groups (broad SMARTS) is 1. The maximum absolute atomic E-state index is 12.0. The molecule has 2 rings (SSSR count). The van der Waals surface area contributed by atoms with E-state index in [0.29, 0.717) is 5.75 Å². The Labute approximate surface area is 138 Å². The summed E-state index contributed by atoms with van der Waals surface area (Å²) in [6, 6.07) is 7.67. The van der Waals surface area contributed by atoms with E-state index in [1.54, 1.807) is 0 Å². The van der Waals surface area contributed by atoms with E-state index in [4.69, 9.17) is 9.84 Å². The van der Waals surface area contributed by atoms with Gasteiger partial charge in [0.15, 0.2) is 17.3 Å². The third-order valence-corrected chi connectivity index (χ3v) is 4.73. The van der Waals surface area contributed by atoms with Gasteiger partial charge in [-0.1, -0.05) is 32.9 Å². The van der Waals surface area contributed by atoms with E-state index < -0.39 is 5.97 Å². The largest absolute Gasteiger partial charge is 0.485 e. The zero-order valence-corrected chi connectivity index (χ0v) is 14.1. The number of nitrogens with zero attached hydrogens (tertiary/aromatic N) is 1. The normalized spacial score (nSPS) is 11.3. The van der Waals surface area contributed by atoms with E-state index in [1.807, 2.05) is 24.3 Å². The molecule has 0 bridgehead atoms. The predicted octanol–water partition coefficient (Wildman–Crippen LogP) is 3.79. The number of aromatic carboxylic acids is 1. The van der Waals surface area contributed by atoms with Crippen molar-refractivity contribution >= 4 is 23.1 Å². The lowest BCUT2D eigenvalue weighted by Gasteiger charge is -2.23. The summed E-state index contributed by atoms with van der Waals surface area (Å²) in [6.07, 6.45) is 1.03. The van der Waals surface area contributed by atoms with Crippen LogP contribution < -0.4 is 4.74 Å². The van der Waals surface area contributed by atoms with Gasteiger partial charge < -0.3 is 9.84 Å². The fourth-order valence-electron chi connectivity index (χ4n) is 1.92. The molecule has 0 unspecified atom stereocenters. The van der Waals surface area contributed by atoms with Gasteiger partial charge in [-0.3, -0.25) is 4.79 Å². The second kappa shape index (κ2) is 6.91. The molecular formula is C17H19NO4S. The molecule has 0 aliphatic rings. The number of carbonyl (C=O) groups excluding carboxylic acids is 1. The maximum Gasteiger partial charge on any atom is 0.355 e. The topological polar surface area (TPSA) is 76.5 Å². The number of aromatic nitrogens is 1. The molecule has 6 heteroatoms. The first-order valence-corrected chi connectivity index (χ1v) is 8.17. The van der Waals surface area contributed by atoms with E-state index in [-0.39, 0.29) is 28.5 Å². The Morgan fingerprint density at radius 1 is 1.26 bits per heavy atom. The first kappa shape index (κ1) is 17.1. The third-order valence-electron chi connectivity index (χ3n) is 3.85. The molecule has 0 aliphatic carbocycles. The quantitative estimate of drug-likeness (QED) is 0.780. The van der Waals surface area contributed by atoms with Crippen molar-refractivity contribution in [2.45, 2.75) is 32.6 Å². The van der Waals surface area contributed by atoms with Gasteiger partial charge in [-0.2, -0.15) is 0 Å². The highest BCUT2D eigenvalue weighted by Gasteiger charge is 2.18. The summed E-state index contributed by atoms with van der Waals surface area (Å²) in [6.45, 7) is 6.33. The number of benzene rings is 1. The third kappa shape index (κ3) is 4.16. The zero-order valence-electron chi connectivity index (χ0n) is 13.3. The highest BCUT2D eigenvalue weighted by molar-refractivity contribution is 7.12. The average molecular weight is 333 g/mol. The number of thiazole rings is 1. The highest BCUT2D eigenvalue weighted by Crippen LogP contribution is 2.28. The average Bonchev–Trinajstić information content (AvgIpc) is 3.03. The van der Waals surface area contributed by atoms with Crippen LogP contribution in [0.4, 0.5) is 0 Å². The van der Waals surface area contributed by atoms with Crippen molar-refractivity contribution in [1.29, 1.82) is 0 Å². The number of ether oxygens (including phenoxy) is 1. The van der Waals surface area contributed by atoms with E-state index in [1.165, 1.54) is 10.9 Å². The summed E-state index contributed by atoms with van der Waals surface area (Å²) < 4.78 is 5.46. The van der Waals surface area contributed by atoms with Crippen molar-refractivity contribution in [3.63, 3.8) is 0 Å². The molecular weight excluding hydrogens is 314 g/mol. The smallest absolute Gasteiger partial charge is 0.355 e. The molecule has 1 aromatic carbocycles. The van der Waals surface area contributed by atoms with Gasteiger partial charge in [0.2, 0.25) is 5.78 Å². The molecule has 23 heavy (non-hydrogen) atoms. The SMILES string of the molecule is CCC(C)(C)c1ccc(OCC(=O)c2nc(C(=O)O)cs2)cc1. The predicted molar refractivity (Wildman–Crippen MR) is 88.7 cm³/mol. The van der Waals surface area contributed by atoms with Crippen LogP contribution in [0.25, 0.3) is 0 Å². The monoisotopic (exact) mass is 333 g/mol. The molecule has 1 N–H and O–H groups in total. The lowest BCUT2D eigenvalue weighted by Crippen LogP contribution is -2.15. The van der Waals surface area contributed by atoms with Crippen molar-refractivity contribution in [3.05, 3.63) is 45.9 Å². The van der Waals surface area contributed by atoms with Crippen LogP contribution in [0.15, 0.2) is 29.6 Å². The van der Waals surface area contributed by atoms with Crippen molar-refractivity contribution in [3.8, 4) is 5.75 Å². The Balaban J connectivity index is 1.97. The van der Waals surface area contributed by atoms with Crippen LogP contribution in [0.5, 0.6) is 5.75 Å². The van der Waals surface area contributed by atoms with Crippen LogP contribution in [-0.2, 0) is 5.41 Å². The van der Waals surface area contributed by atoms with Gasteiger partial charge >= 0.3 is 5.97 Å². The van der Waals surface area contributed by atoms with Crippen LogP contribution in [0.1, 0.15) is 53.0 Å². The maximum atomic E-state index is 12.0. The molecule has 0 amide bonds. The zero-order chi connectivity index (χ0) is 17.0. The van der Waals surface area contributed by atoms with Crippen molar-refractivity contribution in [1.82, 2.24) is 4.98 Å². The lowest BCUT2D eigenvalue weighted by molar-refractivity contribution is 0.0691. The molecule has 0 spiro atoms. The van der Waals surface area contributed by atoms with E-state index >= 15 is 0 Å². The molecule has 0 saturated heterocycles. The summed E-state index contributed by atoms with van der Waals surface area (Å²) in [5.41, 5.74) is 1.19. The number of carboxylic acids is 1. The lowest BCUT2D eigenvalue weighted by atomic mass is 9.82. The van der Waals surface area contributed by atoms with Crippen LogP contribution in [0.2, 0.25) is 0 Å². The number of ketones is 1. The number of carbonyl (C=O) groups is 2. The van der Waals surface area contributed by atoms with Crippen molar-refractivity contribution in [2.75, 3.05) is 6.61 Å².